The van der Waals surface area contributed by atoms with Crippen LogP contribution in [0.1, 0.15) is 5.76 Å². The first-order valence-corrected chi connectivity index (χ1v) is 9.21. The molecule has 1 aromatic heterocycles. The van der Waals surface area contributed by atoms with E-state index in [1.807, 2.05) is 19.2 Å². The summed E-state index contributed by atoms with van der Waals surface area (Å²) in [6.45, 7) is 3.00. The van der Waals surface area contributed by atoms with Gasteiger partial charge in [0.25, 0.3) is 5.91 Å². The first-order valence-electron chi connectivity index (χ1n) is 8.84. The molecule has 1 aliphatic heterocycles. The maximum Gasteiger partial charge on any atom is 0.279 e. The van der Waals surface area contributed by atoms with Crippen LogP contribution in [0, 0.1) is 0 Å². The topological polar surface area (TPSA) is 62.6 Å². The van der Waals surface area contributed by atoms with E-state index in [1.54, 1.807) is 41.5 Å². The van der Waals surface area contributed by atoms with E-state index in [0.717, 1.165) is 13.1 Å². The summed E-state index contributed by atoms with van der Waals surface area (Å²) in [4.78, 5) is 26.5. The van der Waals surface area contributed by atoms with Gasteiger partial charge in [-0.25, -0.2) is 0 Å². The van der Waals surface area contributed by atoms with Crippen molar-refractivity contribution in [3.05, 3.63) is 59.5 Å². The number of nitrogens with zero attached hydrogens (tertiary/aromatic N) is 2. The highest BCUT2D eigenvalue weighted by molar-refractivity contribution is 6.33. The summed E-state index contributed by atoms with van der Waals surface area (Å²) in [6, 6.07) is 10.8. The SMILES string of the molecule is C[N+]1(CC(=O)Nc2ccccc2Cl)CCN(C(=O)/C=C/c2ccco2)CC1.[Cl-]. The number of likely N-dealkylation sites (N-methyl/N-ethyl adjacent to an activating group) is 1. The van der Waals surface area contributed by atoms with Gasteiger partial charge in [-0.3, -0.25) is 9.59 Å². The van der Waals surface area contributed by atoms with Crippen molar-refractivity contribution in [2.75, 3.05) is 45.1 Å². The summed E-state index contributed by atoms with van der Waals surface area (Å²) >= 11 is 6.09. The monoisotopic (exact) mass is 423 g/mol. The number of quaternary nitrogens is 1. The highest BCUT2D eigenvalue weighted by atomic mass is 35.5. The van der Waals surface area contributed by atoms with E-state index in [2.05, 4.69) is 5.32 Å². The fourth-order valence-corrected chi connectivity index (χ4v) is 3.25. The van der Waals surface area contributed by atoms with Crippen molar-refractivity contribution in [1.82, 2.24) is 4.90 Å². The average molecular weight is 424 g/mol. The molecule has 0 atom stereocenters. The van der Waals surface area contributed by atoms with Gasteiger partial charge < -0.3 is 31.5 Å². The summed E-state index contributed by atoms with van der Waals surface area (Å²) in [5.41, 5.74) is 0.618. The molecule has 1 N–H and O–H groups in total. The number of carbonyl (C=O) groups excluding carboxylic acids is 2. The van der Waals surface area contributed by atoms with Crippen LogP contribution in [0.25, 0.3) is 6.08 Å². The number of benzene rings is 1. The second-order valence-electron chi connectivity index (χ2n) is 6.93. The van der Waals surface area contributed by atoms with Crippen LogP contribution in [-0.4, -0.2) is 61.0 Å². The van der Waals surface area contributed by atoms with Gasteiger partial charge in [-0.15, -0.1) is 0 Å². The summed E-state index contributed by atoms with van der Waals surface area (Å²) in [5, 5.41) is 3.38. The van der Waals surface area contributed by atoms with Crippen LogP contribution in [0.5, 0.6) is 0 Å². The smallest absolute Gasteiger partial charge is 0.279 e. The molecule has 0 radical (unpaired) electrons. The second kappa shape index (κ2) is 9.78. The molecule has 0 unspecified atom stereocenters. The van der Waals surface area contributed by atoms with E-state index in [9.17, 15) is 9.59 Å². The molecule has 0 aliphatic carbocycles. The van der Waals surface area contributed by atoms with Gasteiger partial charge in [0.15, 0.2) is 6.54 Å². The van der Waals surface area contributed by atoms with Crippen molar-refractivity contribution in [2.24, 2.45) is 0 Å². The zero-order valence-electron chi connectivity index (χ0n) is 15.6. The lowest BCUT2D eigenvalue weighted by molar-refractivity contribution is -0.905. The maximum atomic E-state index is 12.4. The predicted molar refractivity (Wildman–Crippen MR) is 105 cm³/mol. The lowest BCUT2D eigenvalue weighted by Crippen LogP contribution is -3.00. The molecular formula is C20H23Cl2N3O3. The van der Waals surface area contributed by atoms with Crippen LogP contribution in [0.3, 0.4) is 0 Å². The van der Waals surface area contributed by atoms with Crippen molar-refractivity contribution in [2.45, 2.75) is 0 Å². The van der Waals surface area contributed by atoms with E-state index in [-0.39, 0.29) is 24.2 Å². The molecule has 1 aromatic carbocycles. The number of piperazine rings is 1. The van der Waals surface area contributed by atoms with Crippen molar-refractivity contribution in [3.8, 4) is 0 Å². The molecular weight excluding hydrogens is 401 g/mol. The molecule has 0 spiro atoms. The number of amides is 2. The zero-order chi connectivity index (χ0) is 19.3. The van der Waals surface area contributed by atoms with E-state index < -0.39 is 0 Å². The Labute approximate surface area is 175 Å². The van der Waals surface area contributed by atoms with Crippen molar-refractivity contribution in [3.63, 3.8) is 0 Å². The summed E-state index contributed by atoms with van der Waals surface area (Å²) in [5.74, 6) is 0.526. The normalized spacial score (nSPS) is 15.9. The van der Waals surface area contributed by atoms with E-state index in [1.165, 1.54) is 6.08 Å². The average Bonchev–Trinajstić information content (AvgIpc) is 3.15. The van der Waals surface area contributed by atoms with E-state index in [0.29, 0.717) is 40.6 Å². The van der Waals surface area contributed by atoms with Crippen LogP contribution >= 0.6 is 11.6 Å². The third-order valence-corrected chi connectivity index (χ3v) is 5.07. The third kappa shape index (κ3) is 5.86. The number of para-hydroxylation sites is 1. The molecule has 1 fully saturated rings. The Morgan fingerprint density at radius 3 is 2.57 bits per heavy atom. The van der Waals surface area contributed by atoms with Gasteiger partial charge in [0.2, 0.25) is 5.91 Å². The Bertz CT molecular complexity index is 829. The van der Waals surface area contributed by atoms with Gasteiger partial charge in [-0.1, -0.05) is 23.7 Å². The summed E-state index contributed by atoms with van der Waals surface area (Å²) < 4.78 is 5.78. The minimum Gasteiger partial charge on any atom is -1.00 e. The Kier molecular flexibility index (Phi) is 7.69. The molecule has 150 valence electrons. The Morgan fingerprint density at radius 1 is 1.21 bits per heavy atom. The van der Waals surface area contributed by atoms with Crippen molar-refractivity contribution < 1.29 is 30.9 Å². The Morgan fingerprint density at radius 2 is 1.93 bits per heavy atom. The Hall–Kier alpha value is -2.28. The van der Waals surface area contributed by atoms with E-state index in [4.69, 9.17) is 16.0 Å². The fourth-order valence-electron chi connectivity index (χ4n) is 3.07. The summed E-state index contributed by atoms with van der Waals surface area (Å²) in [7, 11) is 2.03. The molecule has 2 amide bonds. The molecule has 1 saturated heterocycles. The first-order chi connectivity index (χ1) is 13.0. The quantitative estimate of drug-likeness (QED) is 0.538. The number of nitrogens with one attached hydrogen (secondary N) is 1. The lowest BCUT2D eigenvalue weighted by Gasteiger charge is -2.41. The van der Waals surface area contributed by atoms with Crippen molar-refractivity contribution >= 4 is 35.2 Å². The number of hydrogen-bond acceptors (Lipinski definition) is 3. The molecule has 2 aromatic rings. The second-order valence-corrected chi connectivity index (χ2v) is 7.33. The number of anilines is 1. The van der Waals surface area contributed by atoms with Gasteiger partial charge in [0, 0.05) is 6.08 Å². The number of hydrogen-bond donors (Lipinski definition) is 1. The van der Waals surface area contributed by atoms with Crippen LogP contribution in [-0.2, 0) is 9.59 Å². The molecule has 0 bridgehead atoms. The standard InChI is InChI=1S/C20H22ClN3O3.ClH/c1-24(15-19(25)22-18-7-3-2-6-17(18)21)12-10-23(11-13-24)20(26)9-8-16-5-4-14-27-16;/h2-9,14H,10-13,15H2,1H3;1H/b9-8+;. The number of carbonyl (C=O) groups is 2. The van der Waals surface area contributed by atoms with Gasteiger partial charge in [-0.2, -0.15) is 0 Å². The molecule has 8 heteroatoms. The molecule has 1 aliphatic rings. The summed E-state index contributed by atoms with van der Waals surface area (Å²) in [6.07, 6.45) is 4.77. The highest BCUT2D eigenvalue weighted by Gasteiger charge is 2.32. The number of furan rings is 1. The minimum atomic E-state index is -0.0805. The van der Waals surface area contributed by atoms with Gasteiger partial charge in [-0.05, 0) is 30.3 Å². The molecule has 28 heavy (non-hydrogen) atoms. The van der Waals surface area contributed by atoms with Gasteiger partial charge in [0.05, 0.1) is 50.2 Å². The molecule has 2 heterocycles. The van der Waals surface area contributed by atoms with Crippen LogP contribution < -0.4 is 17.7 Å². The first kappa shape index (κ1) is 22.0. The molecule has 3 rings (SSSR count). The van der Waals surface area contributed by atoms with Crippen LogP contribution in [0.2, 0.25) is 5.02 Å². The molecule has 0 saturated carbocycles. The number of halogens is 2. The van der Waals surface area contributed by atoms with Crippen LogP contribution in [0.15, 0.2) is 53.2 Å². The third-order valence-electron chi connectivity index (χ3n) is 4.74. The highest BCUT2D eigenvalue weighted by Crippen LogP contribution is 2.21. The molecule has 6 nitrogen and oxygen atoms in total. The fraction of sp³-hybridized carbons (Fsp3) is 0.300. The van der Waals surface area contributed by atoms with Crippen molar-refractivity contribution in [1.29, 1.82) is 0 Å². The van der Waals surface area contributed by atoms with E-state index >= 15 is 0 Å². The van der Waals surface area contributed by atoms with Crippen LogP contribution in [0.4, 0.5) is 5.69 Å². The predicted octanol–water partition coefficient (Wildman–Crippen LogP) is -0.122. The Balaban J connectivity index is 0.00000280. The maximum absolute atomic E-state index is 12.4. The lowest BCUT2D eigenvalue weighted by atomic mass is 10.2. The number of rotatable bonds is 5. The minimum absolute atomic E-state index is 0. The van der Waals surface area contributed by atoms with Gasteiger partial charge in [0.1, 0.15) is 5.76 Å². The van der Waals surface area contributed by atoms with Gasteiger partial charge >= 0.3 is 0 Å². The zero-order valence-corrected chi connectivity index (χ0v) is 17.1. The largest absolute Gasteiger partial charge is 1.00 e.